The molecular weight excluding hydrogens is 300 g/mol. The van der Waals surface area contributed by atoms with Crippen LogP contribution in [0.15, 0.2) is 41.8 Å². The van der Waals surface area contributed by atoms with Gasteiger partial charge < -0.3 is 15.0 Å². The molecule has 0 atom stereocenters. The Kier molecular flexibility index (Phi) is 5.55. The average Bonchev–Trinajstić information content (AvgIpc) is 3.05. The summed E-state index contributed by atoms with van der Waals surface area (Å²) in [6.45, 7) is 0.135. The number of rotatable bonds is 6. The van der Waals surface area contributed by atoms with Gasteiger partial charge in [0.2, 0.25) is 0 Å². The smallest absolute Gasteiger partial charge is 0.348 e. The van der Waals surface area contributed by atoms with E-state index < -0.39 is 5.97 Å². The first-order valence-electron chi connectivity index (χ1n) is 6.80. The summed E-state index contributed by atoms with van der Waals surface area (Å²) < 4.78 is 4.94. The van der Waals surface area contributed by atoms with Crippen molar-refractivity contribution >= 4 is 28.9 Å². The minimum Gasteiger partial charge on any atom is -0.451 e. The Balaban J connectivity index is 1.74. The molecular formula is C16H18N2O3S. The lowest BCUT2D eigenvalue weighted by Crippen LogP contribution is -2.28. The summed E-state index contributed by atoms with van der Waals surface area (Å²) in [7, 11) is 3.94. The number of carbonyl (C=O) groups excluding carboxylic acids is 2. The van der Waals surface area contributed by atoms with E-state index in [9.17, 15) is 9.59 Å². The summed E-state index contributed by atoms with van der Waals surface area (Å²) in [6.07, 6.45) is 0. The molecule has 0 spiro atoms. The van der Waals surface area contributed by atoms with E-state index in [-0.39, 0.29) is 12.5 Å². The van der Waals surface area contributed by atoms with Crippen molar-refractivity contribution in [2.75, 3.05) is 25.6 Å². The molecule has 0 aliphatic rings. The lowest BCUT2D eigenvalue weighted by molar-refractivity contribution is -0.124. The van der Waals surface area contributed by atoms with Crippen LogP contribution in [0.3, 0.4) is 0 Å². The van der Waals surface area contributed by atoms with Gasteiger partial charge in [-0.1, -0.05) is 18.2 Å². The summed E-state index contributed by atoms with van der Waals surface area (Å²) in [4.78, 5) is 25.8. The van der Waals surface area contributed by atoms with Gasteiger partial charge in [0, 0.05) is 26.3 Å². The van der Waals surface area contributed by atoms with Crippen LogP contribution in [-0.2, 0) is 16.1 Å². The lowest BCUT2D eigenvalue weighted by atomic mass is 10.2. The number of esters is 1. The molecule has 1 N–H and O–H groups in total. The van der Waals surface area contributed by atoms with Crippen LogP contribution in [0.25, 0.3) is 0 Å². The third-order valence-corrected chi connectivity index (χ3v) is 3.85. The lowest BCUT2D eigenvalue weighted by Gasteiger charge is -2.13. The number of hydrogen-bond acceptors (Lipinski definition) is 5. The Morgan fingerprint density at radius 1 is 1.18 bits per heavy atom. The average molecular weight is 318 g/mol. The quantitative estimate of drug-likeness (QED) is 0.830. The molecule has 0 aliphatic heterocycles. The largest absolute Gasteiger partial charge is 0.451 e. The first-order valence-corrected chi connectivity index (χ1v) is 7.68. The first-order chi connectivity index (χ1) is 10.6. The van der Waals surface area contributed by atoms with Crippen molar-refractivity contribution in [2.45, 2.75) is 6.54 Å². The van der Waals surface area contributed by atoms with E-state index in [2.05, 4.69) is 5.32 Å². The topological polar surface area (TPSA) is 58.6 Å². The van der Waals surface area contributed by atoms with Gasteiger partial charge in [-0.3, -0.25) is 4.79 Å². The third kappa shape index (κ3) is 4.60. The third-order valence-electron chi connectivity index (χ3n) is 3.00. The maximum absolute atomic E-state index is 11.7. The Labute approximate surface area is 133 Å². The molecule has 2 rings (SSSR count). The highest BCUT2D eigenvalue weighted by Crippen LogP contribution is 2.12. The fourth-order valence-electron chi connectivity index (χ4n) is 1.76. The van der Waals surface area contributed by atoms with Crippen LogP contribution in [0.1, 0.15) is 15.2 Å². The van der Waals surface area contributed by atoms with Gasteiger partial charge in [0.15, 0.2) is 6.61 Å². The van der Waals surface area contributed by atoms with Crippen LogP contribution in [0.4, 0.5) is 5.69 Å². The molecule has 0 saturated heterocycles. The molecule has 0 fully saturated rings. The molecule has 0 radical (unpaired) electrons. The molecule has 1 heterocycles. The highest BCUT2D eigenvalue weighted by atomic mass is 32.1. The highest BCUT2D eigenvalue weighted by molar-refractivity contribution is 7.11. The standard InChI is InChI=1S/C16H18N2O3S/c1-18(2)13-7-5-12(6-8-13)10-17-15(19)11-21-16(20)14-4-3-9-22-14/h3-9H,10-11H2,1-2H3,(H,17,19). The number of ether oxygens (including phenoxy) is 1. The molecule has 22 heavy (non-hydrogen) atoms. The van der Waals surface area contributed by atoms with Crippen LogP contribution < -0.4 is 10.2 Å². The Bertz CT molecular complexity index is 621. The van der Waals surface area contributed by atoms with Crippen LogP contribution in [0, 0.1) is 0 Å². The van der Waals surface area contributed by atoms with Crippen molar-refractivity contribution < 1.29 is 14.3 Å². The molecule has 6 heteroatoms. The number of nitrogens with one attached hydrogen (secondary N) is 1. The molecule has 1 aromatic carbocycles. The minimum atomic E-state index is -0.472. The van der Waals surface area contributed by atoms with Gasteiger partial charge in [0.05, 0.1) is 0 Å². The summed E-state index contributed by atoms with van der Waals surface area (Å²) >= 11 is 1.29. The van der Waals surface area contributed by atoms with Gasteiger partial charge in [0.1, 0.15) is 4.88 Å². The Hall–Kier alpha value is -2.34. The van der Waals surface area contributed by atoms with Crippen LogP contribution >= 0.6 is 11.3 Å². The fourth-order valence-corrected chi connectivity index (χ4v) is 2.38. The van der Waals surface area contributed by atoms with E-state index in [1.165, 1.54) is 11.3 Å². The number of amides is 1. The zero-order chi connectivity index (χ0) is 15.9. The predicted octanol–water partition coefficient (Wildman–Crippen LogP) is 2.29. The van der Waals surface area contributed by atoms with Crippen LogP contribution in [0.2, 0.25) is 0 Å². The zero-order valence-electron chi connectivity index (χ0n) is 12.5. The number of anilines is 1. The number of thiophene rings is 1. The number of benzene rings is 1. The fraction of sp³-hybridized carbons (Fsp3) is 0.250. The molecule has 2 aromatic rings. The maximum Gasteiger partial charge on any atom is 0.348 e. The molecule has 0 unspecified atom stereocenters. The van der Waals surface area contributed by atoms with Crippen molar-refractivity contribution in [3.8, 4) is 0 Å². The molecule has 0 bridgehead atoms. The van der Waals surface area contributed by atoms with Crippen molar-refractivity contribution in [1.29, 1.82) is 0 Å². The minimum absolute atomic E-state index is 0.271. The van der Waals surface area contributed by atoms with Crippen molar-refractivity contribution in [3.05, 3.63) is 52.2 Å². The van der Waals surface area contributed by atoms with Crippen molar-refractivity contribution in [1.82, 2.24) is 5.32 Å². The van der Waals surface area contributed by atoms with E-state index in [1.807, 2.05) is 43.3 Å². The van der Waals surface area contributed by atoms with E-state index in [0.29, 0.717) is 11.4 Å². The summed E-state index contributed by atoms with van der Waals surface area (Å²) in [5.41, 5.74) is 2.09. The van der Waals surface area contributed by atoms with Gasteiger partial charge >= 0.3 is 5.97 Å². The van der Waals surface area contributed by atoms with Gasteiger partial charge in [0.25, 0.3) is 5.91 Å². The van der Waals surface area contributed by atoms with E-state index in [4.69, 9.17) is 4.74 Å². The first kappa shape index (κ1) is 16.0. The molecule has 0 aliphatic carbocycles. The van der Waals surface area contributed by atoms with Crippen LogP contribution in [0.5, 0.6) is 0 Å². The van der Waals surface area contributed by atoms with E-state index >= 15 is 0 Å². The monoisotopic (exact) mass is 318 g/mol. The summed E-state index contributed by atoms with van der Waals surface area (Å²) in [6, 6.07) is 11.3. The molecule has 0 saturated carbocycles. The normalized spacial score (nSPS) is 10.1. The molecule has 1 aromatic heterocycles. The number of carbonyl (C=O) groups is 2. The molecule has 1 amide bonds. The number of hydrogen-bond donors (Lipinski definition) is 1. The second-order valence-corrected chi connectivity index (χ2v) is 5.84. The highest BCUT2D eigenvalue weighted by Gasteiger charge is 2.10. The summed E-state index contributed by atoms with van der Waals surface area (Å²) in [5.74, 6) is -0.790. The van der Waals surface area contributed by atoms with Gasteiger partial charge in [-0.15, -0.1) is 11.3 Å². The van der Waals surface area contributed by atoms with Crippen LogP contribution in [-0.4, -0.2) is 32.6 Å². The van der Waals surface area contributed by atoms with Gasteiger partial charge in [-0.05, 0) is 29.1 Å². The van der Waals surface area contributed by atoms with E-state index in [0.717, 1.165) is 11.3 Å². The van der Waals surface area contributed by atoms with E-state index in [1.54, 1.807) is 17.5 Å². The van der Waals surface area contributed by atoms with Gasteiger partial charge in [-0.2, -0.15) is 0 Å². The summed E-state index contributed by atoms with van der Waals surface area (Å²) in [5, 5.41) is 4.51. The van der Waals surface area contributed by atoms with Crippen molar-refractivity contribution in [3.63, 3.8) is 0 Å². The number of nitrogens with zero attached hydrogens (tertiary/aromatic N) is 1. The SMILES string of the molecule is CN(C)c1ccc(CNC(=O)COC(=O)c2cccs2)cc1. The molecule has 5 nitrogen and oxygen atoms in total. The second kappa shape index (κ2) is 7.61. The Morgan fingerprint density at radius 2 is 1.91 bits per heavy atom. The second-order valence-electron chi connectivity index (χ2n) is 4.89. The predicted molar refractivity (Wildman–Crippen MR) is 87.2 cm³/mol. The maximum atomic E-state index is 11.7. The Morgan fingerprint density at radius 3 is 2.50 bits per heavy atom. The van der Waals surface area contributed by atoms with Crippen molar-refractivity contribution in [2.24, 2.45) is 0 Å². The zero-order valence-corrected chi connectivity index (χ0v) is 13.4. The molecule has 116 valence electrons. The van der Waals surface area contributed by atoms with Gasteiger partial charge in [-0.25, -0.2) is 4.79 Å².